The van der Waals surface area contributed by atoms with Crippen molar-refractivity contribution in [3.8, 4) is 23.7 Å². The molecule has 0 aliphatic carbocycles. The van der Waals surface area contributed by atoms with Gasteiger partial charge in [0.05, 0.1) is 5.56 Å². The summed E-state index contributed by atoms with van der Waals surface area (Å²) in [4.78, 5) is 0. The number of halogens is 2. The second kappa shape index (κ2) is 7.47. The summed E-state index contributed by atoms with van der Waals surface area (Å²) in [5, 5.41) is 0. The number of hydrogen-bond acceptors (Lipinski definition) is 0. The van der Waals surface area contributed by atoms with E-state index in [1.807, 2.05) is 30.3 Å². The van der Waals surface area contributed by atoms with Crippen LogP contribution in [0.4, 0.5) is 8.78 Å². The van der Waals surface area contributed by atoms with E-state index in [0.717, 1.165) is 5.56 Å². The molecule has 0 nitrogen and oxygen atoms in total. The molecule has 25 heavy (non-hydrogen) atoms. The van der Waals surface area contributed by atoms with E-state index in [9.17, 15) is 8.78 Å². The van der Waals surface area contributed by atoms with Crippen molar-refractivity contribution in [1.82, 2.24) is 0 Å². The smallest absolute Gasteiger partial charge is 0.140 e. The average Bonchev–Trinajstić information content (AvgIpc) is 2.63. The molecule has 3 rings (SSSR count). The summed E-state index contributed by atoms with van der Waals surface area (Å²) in [5.41, 5.74) is 2.78. The first kappa shape index (κ1) is 16.5. The molecule has 0 N–H and O–H groups in total. The lowest BCUT2D eigenvalue weighted by molar-refractivity contribution is 0.618. The highest BCUT2D eigenvalue weighted by Crippen LogP contribution is 2.11. The minimum Gasteiger partial charge on any atom is -0.207 e. The Kier molecular flexibility index (Phi) is 4.93. The van der Waals surface area contributed by atoms with E-state index in [1.165, 1.54) is 12.1 Å². The van der Waals surface area contributed by atoms with Crippen molar-refractivity contribution in [2.75, 3.05) is 0 Å². The highest BCUT2D eigenvalue weighted by Gasteiger charge is 2.00. The Balaban J connectivity index is 1.82. The summed E-state index contributed by atoms with van der Waals surface area (Å²) in [6.45, 7) is 1.69. The van der Waals surface area contributed by atoms with Gasteiger partial charge in [0.2, 0.25) is 0 Å². The second-order valence-electron chi connectivity index (χ2n) is 5.52. The molecular formula is C23H14F2. The van der Waals surface area contributed by atoms with Gasteiger partial charge < -0.3 is 0 Å². The van der Waals surface area contributed by atoms with E-state index in [1.54, 1.807) is 31.2 Å². The van der Waals surface area contributed by atoms with Crippen LogP contribution in [0.5, 0.6) is 0 Å². The maximum Gasteiger partial charge on any atom is 0.140 e. The largest absolute Gasteiger partial charge is 0.207 e. The van der Waals surface area contributed by atoms with Crippen LogP contribution < -0.4 is 0 Å². The third-order valence-electron chi connectivity index (χ3n) is 3.61. The number of hydrogen-bond donors (Lipinski definition) is 0. The van der Waals surface area contributed by atoms with Gasteiger partial charge in [-0.15, -0.1) is 0 Å². The number of aryl methyl sites for hydroxylation is 1. The maximum atomic E-state index is 14.2. The highest BCUT2D eigenvalue weighted by atomic mass is 19.1. The van der Waals surface area contributed by atoms with E-state index in [2.05, 4.69) is 23.7 Å². The molecule has 0 atom stereocenters. The fourth-order valence-electron chi connectivity index (χ4n) is 2.17. The lowest BCUT2D eigenvalue weighted by Crippen LogP contribution is -1.87. The van der Waals surface area contributed by atoms with Gasteiger partial charge in [0.25, 0.3) is 0 Å². The van der Waals surface area contributed by atoms with Gasteiger partial charge in [-0.1, -0.05) is 47.9 Å². The number of rotatable bonds is 0. The molecule has 0 saturated carbocycles. The van der Waals surface area contributed by atoms with Gasteiger partial charge in [-0.25, -0.2) is 8.78 Å². The average molecular weight is 328 g/mol. The van der Waals surface area contributed by atoms with Gasteiger partial charge in [-0.2, -0.15) is 0 Å². The van der Waals surface area contributed by atoms with E-state index in [0.29, 0.717) is 22.3 Å². The minimum absolute atomic E-state index is 0.301. The molecule has 0 amide bonds. The second-order valence-corrected chi connectivity index (χ2v) is 5.52. The molecule has 2 heteroatoms. The summed E-state index contributed by atoms with van der Waals surface area (Å²) >= 11 is 0. The molecule has 0 bridgehead atoms. The van der Waals surface area contributed by atoms with Gasteiger partial charge in [0, 0.05) is 16.7 Å². The number of benzene rings is 3. The van der Waals surface area contributed by atoms with Crippen LogP contribution in [-0.4, -0.2) is 0 Å². The van der Waals surface area contributed by atoms with E-state index < -0.39 is 5.82 Å². The predicted octanol–water partition coefficient (Wildman–Crippen LogP) is 5.07. The third kappa shape index (κ3) is 4.34. The van der Waals surface area contributed by atoms with Gasteiger partial charge in [-0.3, -0.25) is 0 Å². The van der Waals surface area contributed by atoms with Crippen molar-refractivity contribution in [2.24, 2.45) is 0 Å². The van der Waals surface area contributed by atoms with Crippen molar-refractivity contribution < 1.29 is 8.78 Å². The van der Waals surface area contributed by atoms with Crippen molar-refractivity contribution in [3.05, 3.63) is 106 Å². The van der Waals surface area contributed by atoms with Crippen LogP contribution in [0.15, 0.2) is 66.7 Å². The predicted molar refractivity (Wildman–Crippen MR) is 95.9 cm³/mol. The molecule has 0 radical (unpaired) electrons. The summed E-state index contributed by atoms with van der Waals surface area (Å²) in [6, 6.07) is 18.8. The zero-order valence-corrected chi connectivity index (χ0v) is 13.6. The standard InChI is InChI=1S/C23H14F2/c1-17-7-8-19(15-22(17)24)9-10-20-12-14-21(23(25)16-20)13-11-18-5-3-2-4-6-18/h2-8,12,14-16H,1H3. The summed E-state index contributed by atoms with van der Waals surface area (Å²) in [5.74, 6) is 10.7. The molecule has 0 saturated heterocycles. The van der Waals surface area contributed by atoms with Crippen LogP contribution in [0.1, 0.15) is 27.8 Å². The zero-order chi connectivity index (χ0) is 17.6. The molecule has 0 aliphatic heterocycles. The monoisotopic (exact) mass is 328 g/mol. The summed E-state index contributed by atoms with van der Waals surface area (Å²) in [6.07, 6.45) is 0. The fourth-order valence-corrected chi connectivity index (χ4v) is 2.17. The van der Waals surface area contributed by atoms with E-state index in [4.69, 9.17) is 0 Å². The minimum atomic E-state index is -0.426. The van der Waals surface area contributed by atoms with E-state index >= 15 is 0 Å². The van der Waals surface area contributed by atoms with Crippen molar-refractivity contribution in [2.45, 2.75) is 6.92 Å². The van der Waals surface area contributed by atoms with Crippen LogP contribution in [-0.2, 0) is 0 Å². The third-order valence-corrected chi connectivity index (χ3v) is 3.61. The molecule has 3 aromatic rings. The Hall–Kier alpha value is -3.36. The summed E-state index contributed by atoms with van der Waals surface area (Å²) < 4.78 is 27.7. The molecule has 0 fully saturated rings. The molecule has 0 aromatic heterocycles. The van der Waals surface area contributed by atoms with Crippen molar-refractivity contribution in [1.29, 1.82) is 0 Å². The molecular weight excluding hydrogens is 314 g/mol. The van der Waals surface area contributed by atoms with Crippen molar-refractivity contribution >= 4 is 0 Å². The Morgan fingerprint density at radius 2 is 1.20 bits per heavy atom. The lowest BCUT2D eigenvalue weighted by Gasteiger charge is -1.97. The maximum absolute atomic E-state index is 14.2. The SMILES string of the molecule is Cc1ccc(C#Cc2ccc(C#Cc3ccccc3)c(F)c2)cc1F. The molecule has 0 heterocycles. The molecule has 0 spiro atoms. The van der Waals surface area contributed by atoms with Crippen LogP contribution in [0.3, 0.4) is 0 Å². The fraction of sp³-hybridized carbons (Fsp3) is 0.0435. The van der Waals surface area contributed by atoms with Gasteiger partial charge in [0.1, 0.15) is 11.6 Å². The first-order valence-corrected chi connectivity index (χ1v) is 7.76. The Bertz CT molecular complexity index is 1030. The quantitative estimate of drug-likeness (QED) is 0.505. The molecule has 0 aliphatic rings. The van der Waals surface area contributed by atoms with Crippen LogP contribution in [0.25, 0.3) is 0 Å². The topological polar surface area (TPSA) is 0 Å². The normalized spacial score (nSPS) is 9.56. The zero-order valence-electron chi connectivity index (χ0n) is 13.6. The molecule has 0 unspecified atom stereocenters. The highest BCUT2D eigenvalue weighted by molar-refractivity contribution is 5.48. The first-order valence-electron chi connectivity index (χ1n) is 7.76. The van der Waals surface area contributed by atoms with Gasteiger partial charge in [-0.05, 0) is 55.0 Å². The van der Waals surface area contributed by atoms with E-state index in [-0.39, 0.29) is 5.82 Å². The van der Waals surface area contributed by atoms with Crippen LogP contribution >= 0.6 is 0 Å². The van der Waals surface area contributed by atoms with Crippen LogP contribution in [0.2, 0.25) is 0 Å². The van der Waals surface area contributed by atoms with Gasteiger partial charge >= 0.3 is 0 Å². The molecule has 3 aromatic carbocycles. The van der Waals surface area contributed by atoms with Crippen LogP contribution in [0, 0.1) is 42.2 Å². The lowest BCUT2D eigenvalue weighted by atomic mass is 10.1. The Morgan fingerprint density at radius 3 is 1.84 bits per heavy atom. The Morgan fingerprint density at radius 1 is 0.600 bits per heavy atom. The molecule has 120 valence electrons. The first-order chi connectivity index (χ1) is 12.1. The van der Waals surface area contributed by atoms with Crippen molar-refractivity contribution in [3.63, 3.8) is 0 Å². The Labute approximate surface area is 146 Å². The summed E-state index contributed by atoms with van der Waals surface area (Å²) in [7, 11) is 0. The van der Waals surface area contributed by atoms with Gasteiger partial charge in [0.15, 0.2) is 0 Å².